The van der Waals surface area contributed by atoms with E-state index in [1.807, 2.05) is 6.92 Å². The second-order valence-electron chi connectivity index (χ2n) is 4.12. The summed E-state index contributed by atoms with van der Waals surface area (Å²) >= 11 is 0. The molecule has 96 valence electrons. The molecule has 0 atom stereocenters. The van der Waals surface area contributed by atoms with Gasteiger partial charge in [0.25, 0.3) is 0 Å². The van der Waals surface area contributed by atoms with Crippen LogP contribution in [0.3, 0.4) is 0 Å². The maximum Gasteiger partial charge on any atom is 0.246 e. The number of nitrogens with zero attached hydrogens (tertiary/aromatic N) is 2. The molecule has 1 aliphatic rings. The van der Waals surface area contributed by atoms with Crippen LogP contribution in [-0.2, 0) is 10.0 Å². The number of hydrogen-bond acceptors (Lipinski definition) is 4. The van der Waals surface area contributed by atoms with Crippen molar-refractivity contribution in [2.45, 2.75) is 30.7 Å². The fourth-order valence-electron chi connectivity index (χ4n) is 2.23. The lowest BCUT2D eigenvalue weighted by molar-refractivity contribution is 0.271. The van der Waals surface area contributed by atoms with Crippen molar-refractivity contribution in [1.82, 2.24) is 19.8 Å². The Morgan fingerprint density at radius 3 is 2.71 bits per heavy atom. The topological polar surface area (TPSA) is 78.1 Å². The van der Waals surface area contributed by atoms with Gasteiger partial charge in [0.2, 0.25) is 10.0 Å². The molecule has 0 saturated carbocycles. The average molecular weight is 258 g/mol. The highest BCUT2D eigenvalue weighted by Crippen LogP contribution is 2.21. The molecule has 1 aromatic rings. The predicted molar refractivity (Wildman–Crippen MR) is 64.0 cm³/mol. The Morgan fingerprint density at radius 1 is 1.47 bits per heavy atom. The number of sulfonamides is 1. The van der Waals surface area contributed by atoms with Crippen LogP contribution in [0, 0.1) is 0 Å². The first-order valence-electron chi connectivity index (χ1n) is 5.87. The van der Waals surface area contributed by atoms with Crippen LogP contribution in [0.5, 0.6) is 0 Å². The minimum absolute atomic E-state index is 0.0983. The Balaban J connectivity index is 2.23. The molecule has 17 heavy (non-hydrogen) atoms. The summed E-state index contributed by atoms with van der Waals surface area (Å²) in [6, 6.07) is 0.0983. The Morgan fingerprint density at radius 2 is 2.18 bits per heavy atom. The van der Waals surface area contributed by atoms with E-state index in [2.05, 4.69) is 15.5 Å². The molecule has 0 unspecified atom stereocenters. The van der Waals surface area contributed by atoms with Gasteiger partial charge in [-0.05, 0) is 25.9 Å². The minimum Gasteiger partial charge on any atom is -0.317 e. The van der Waals surface area contributed by atoms with Crippen LogP contribution < -0.4 is 5.32 Å². The lowest BCUT2D eigenvalue weighted by atomic mass is 10.1. The van der Waals surface area contributed by atoms with Crippen molar-refractivity contribution in [3.05, 3.63) is 12.4 Å². The molecule has 6 nitrogen and oxygen atoms in total. The van der Waals surface area contributed by atoms with Crippen LogP contribution >= 0.6 is 0 Å². The Hall–Kier alpha value is -0.920. The summed E-state index contributed by atoms with van der Waals surface area (Å²) in [7, 11) is -3.40. The maximum atomic E-state index is 12.4. The van der Waals surface area contributed by atoms with Crippen molar-refractivity contribution in [1.29, 1.82) is 0 Å². The van der Waals surface area contributed by atoms with E-state index < -0.39 is 10.0 Å². The van der Waals surface area contributed by atoms with Gasteiger partial charge in [0.15, 0.2) is 0 Å². The summed E-state index contributed by atoms with van der Waals surface area (Å²) in [5.41, 5.74) is 0. The van der Waals surface area contributed by atoms with Crippen molar-refractivity contribution in [2.24, 2.45) is 0 Å². The van der Waals surface area contributed by atoms with E-state index in [0.717, 1.165) is 25.9 Å². The van der Waals surface area contributed by atoms with Gasteiger partial charge in [0.05, 0.1) is 6.20 Å². The van der Waals surface area contributed by atoms with Gasteiger partial charge in [-0.15, -0.1) is 0 Å². The minimum atomic E-state index is -3.40. The number of aromatic amines is 1. The number of piperidine rings is 1. The first-order chi connectivity index (χ1) is 8.16. The van der Waals surface area contributed by atoms with Crippen molar-refractivity contribution >= 4 is 10.0 Å². The highest BCUT2D eigenvalue weighted by molar-refractivity contribution is 7.89. The molecule has 1 fully saturated rings. The SMILES string of the molecule is CCN(C1CCNCC1)S(=O)(=O)c1cn[nH]c1. The molecule has 0 amide bonds. The van der Waals surface area contributed by atoms with E-state index in [1.54, 1.807) is 4.31 Å². The summed E-state index contributed by atoms with van der Waals surface area (Å²) in [4.78, 5) is 0.248. The fraction of sp³-hybridized carbons (Fsp3) is 0.700. The van der Waals surface area contributed by atoms with E-state index in [0.29, 0.717) is 6.54 Å². The zero-order valence-corrected chi connectivity index (χ0v) is 10.7. The van der Waals surface area contributed by atoms with Gasteiger partial charge in [0, 0.05) is 18.8 Å². The largest absolute Gasteiger partial charge is 0.317 e. The van der Waals surface area contributed by atoms with Gasteiger partial charge >= 0.3 is 0 Å². The lowest BCUT2D eigenvalue weighted by Gasteiger charge is -2.32. The number of rotatable bonds is 4. The summed E-state index contributed by atoms with van der Waals surface area (Å²) in [6.45, 7) is 4.13. The molecule has 1 aliphatic heterocycles. The van der Waals surface area contributed by atoms with Crippen LogP contribution in [0.1, 0.15) is 19.8 Å². The molecule has 0 aromatic carbocycles. The molecule has 2 rings (SSSR count). The first-order valence-corrected chi connectivity index (χ1v) is 7.31. The third-order valence-electron chi connectivity index (χ3n) is 3.11. The summed E-state index contributed by atoms with van der Waals surface area (Å²) in [5, 5.41) is 9.50. The summed E-state index contributed by atoms with van der Waals surface area (Å²) < 4.78 is 26.3. The van der Waals surface area contributed by atoms with Gasteiger partial charge in [-0.3, -0.25) is 5.10 Å². The monoisotopic (exact) mass is 258 g/mol. The number of H-pyrrole nitrogens is 1. The molecule has 1 saturated heterocycles. The molecule has 2 N–H and O–H groups in total. The molecule has 0 bridgehead atoms. The van der Waals surface area contributed by atoms with Gasteiger partial charge in [-0.2, -0.15) is 9.40 Å². The van der Waals surface area contributed by atoms with Gasteiger partial charge in [0.1, 0.15) is 4.90 Å². The second kappa shape index (κ2) is 5.16. The quantitative estimate of drug-likeness (QED) is 0.807. The highest BCUT2D eigenvalue weighted by atomic mass is 32.2. The molecule has 0 radical (unpaired) electrons. The highest BCUT2D eigenvalue weighted by Gasteiger charge is 2.31. The zero-order chi connectivity index (χ0) is 12.3. The first kappa shape index (κ1) is 12.5. The maximum absolute atomic E-state index is 12.4. The molecular weight excluding hydrogens is 240 g/mol. The fourth-order valence-corrected chi connectivity index (χ4v) is 3.84. The summed E-state index contributed by atoms with van der Waals surface area (Å²) in [6.07, 6.45) is 4.52. The van der Waals surface area contributed by atoms with Crippen LogP contribution in [0.25, 0.3) is 0 Å². The van der Waals surface area contributed by atoms with Gasteiger partial charge < -0.3 is 5.32 Å². The van der Waals surface area contributed by atoms with Crippen LogP contribution in [0.2, 0.25) is 0 Å². The predicted octanol–water partition coefficient (Wildman–Crippen LogP) is 0.172. The lowest BCUT2D eigenvalue weighted by Crippen LogP contribution is -2.45. The van der Waals surface area contributed by atoms with Crippen molar-refractivity contribution < 1.29 is 8.42 Å². The Labute approximate surface area is 101 Å². The Kier molecular flexibility index (Phi) is 3.80. The van der Waals surface area contributed by atoms with E-state index in [4.69, 9.17) is 0 Å². The molecule has 2 heterocycles. The third kappa shape index (κ3) is 2.51. The van der Waals surface area contributed by atoms with Crippen molar-refractivity contribution in [2.75, 3.05) is 19.6 Å². The van der Waals surface area contributed by atoms with Crippen LogP contribution in [0.15, 0.2) is 17.3 Å². The van der Waals surface area contributed by atoms with E-state index in [9.17, 15) is 8.42 Å². The molecule has 7 heteroatoms. The van der Waals surface area contributed by atoms with E-state index >= 15 is 0 Å². The number of hydrogen-bond donors (Lipinski definition) is 2. The average Bonchev–Trinajstić information content (AvgIpc) is 2.85. The van der Waals surface area contributed by atoms with Crippen molar-refractivity contribution in [3.8, 4) is 0 Å². The number of nitrogens with one attached hydrogen (secondary N) is 2. The standard InChI is InChI=1S/C10H18N4O2S/c1-2-14(9-3-5-11-6-4-9)17(15,16)10-7-12-13-8-10/h7-9,11H,2-6H2,1H3,(H,12,13). The van der Waals surface area contributed by atoms with Crippen molar-refractivity contribution in [3.63, 3.8) is 0 Å². The summed E-state index contributed by atoms with van der Waals surface area (Å²) in [5.74, 6) is 0. The molecule has 1 aromatic heterocycles. The normalized spacial score (nSPS) is 18.7. The Bertz CT molecular complexity index is 437. The molecular formula is C10H18N4O2S. The van der Waals surface area contributed by atoms with Gasteiger partial charge in [-0.25, -0.2) is 8.42 Å². The zero-order valence-electron chi connectivity index (χ0n) is 9.89. The number of aromatic nitrogens is 2. The smallest absolute Gasteiger partial charge is 0.246 e. The van der Waals surface area contributed by atoms with Crippen LogP contribution in [-0.4, -0.2) is 48.6 Å². The van der Waals surface area contributed by atoms with Crippen LogP contribution in [0.4, 0.5) is 0 Å². The third-order valence-corrected chi connectivity index (χ3v) is 5.10. The van der Waals surface area contributed by atoms with E-state index in [1.165, 1.54) is 12.4 Å². The second-order valence-corrected chi connectivity index (χ2v) is 6.01. The van der Waals surface area contributed by atoms with E-state index in [-0.39, 0.29) is 10.9 Å². The molecule has 0 spiro atoms. The van der Waals surface area contributed by atoms with Gasteiger partial charge in [-0.1, -0.05) is 6.92 Å². The molecule has 0 aliphatic carbocycles.